The third-order valence-corrected chi connectivity index (χ3v) is 4.58. The molecule has 0 radical (unpaired) electrons. The van der Waals surface area contributed by atoms with Gasteiger partial charge in [-0.05, 0) is 43.7 Å². The molecule has 3 nitrogen and oxygen atoms in total. The van der Waals surface area contributed by atoms with E-state index in [1.165, 1.54) is 19.3 Å². The highest BCUT2D eigenvalue weighted by Gasteiger charge is 2.21. The molecule has 2 N–H and O–H groups in total. The molecule has 2 atom stereocenters. The Morgan fingerprint density at radius 1 is 1.47 bits per heavy atom. The van der Waals surface area contributed by atoms with Gasteiger partial charge in [0, 0.05) is 11.4 Å². The van der Waals surface area contributed by atoms with Crippen molar-refractivity contribution in [1.29, 1.82) is 0 Å². The zero-order valence-electron chi connectivity index (χ0n) is 11.2. The third-order valence-electron chi connectivity index (χ3n) is 3.75. The second-order valence-electron chi connectivity index (χ2n) is 5.31. The van der Waals surface area contributed by atoms with Gasteiger partial charge in [0.2, 0.25) is 0 Å². The minimum atomic E-state index is -0.183. The standard InChI is InChI=1S/C15H20BrNO2/c1-10-4-2-7-13(14(10)18)15(19)17-9-11-5-3-6-12(16)8-11/h2,4,7,11-12,18H,3,5-6,8-9H2,1H3,(H,17,19). The summed E-state index contributed by atoms with van der Waals surface area (Å²) in [5.74, 6) is 0.439. The number of benzene rings is 1. The van der Waals surface area contributed by atoms with Gasteiger partial charge in [-0.15, -0.1) is 0 Å². The molecular formula is C15H20BrNO2. The maximum Gasteiger partial charge on any atom is 0.255 e. The van der Waals surface area contributed by atoms with E-state index in [0.717, 1.165) is 12.0 Å². The van der Waals surface area contributed by atoms with E-state index in [9.17, 15) is 9.90 Å². The van der Waals surface area contributed by atoms with Crippen LogP contribution in [0.3, 0.4) is 0 Å². The Kier molecular flexibility index (Phi) is 4.86. The summed E-state index contributed by atoms with van der Waals surface area (Å²) in [5.41, 5.74) is 1.09. The summed E-state index contributed by atoms with van der Waals surface area (Å²) in [6.07, 6.45) is 4.72. The molecule has 1 amide bonds. The van der Waals surface area contributed by atoms with E-state index >= 15 is 0 Å². The first-order valence-corrected chi connectivity index (χ1v) is 7.70. The van der Waals surface area contributed by atoms with Gasteiger partial charge < -0.3 is 10.4 Å². The molecular weight excluding hydrogens is 306 g/mol. The lowest BCUT2D eigenvalue weighted by atomic mass is 9.89. The molecule has 1 aromatic carbocycles. The Morgan fingerprint density at radius 3 is 3.00 bits per heavy atom. The Bertz CT molecular complexity index is 461. The van der Waals surface area contributed by atoms with Crippen molar-refractivity contribution in [2.45, 2.75) is 37.4 Å². The molecule has 0 aliphatic heterocycles. The highest BCUT2D eigenvalue weighted by atomic mass is 79.9. The number of hydrogen-bond donors (Lipinski definition) is 2. The first kappa shape index (κ1) is 14.4. The number of halogens is 1. The average molecular weight is 326 g/mol. The van der Waals surface area contributed by atoms with Gasteiger partial charge in [0.25, 0.3) is 5.91 Å². The molecule has 1 saturated carbocycles. The molecule has 0 aromatic heterocycles. The number of phenols is 1. The second-order valence-corrected chi connectivity index (χ2v) is 6.61. The van der Waals surface area contributed by atoms with Gasteiger partial charge in [-0.2, -0.15) is 0 Å². The van der Waals surface area contributed by atoms with E-state index in [1.54, 1.807) is 25.1 Å². The van der Waals surface area contributed by atoms with Crippen LogP contribution in [-0.2, 0) is 0 Å². The fourth-order valence-corrected chi connectivity index (χ4v) is 3.44. The van der Waals surface area contributed by atoms with E-state index in [1.807, 2.05) is 0 Å². The van der Waals surface area contributed by atoms with Crippen molar-refractivity contribution in [3.63, 3.8) is 0 Å². The number of nitrogens with one attached hydrogen (secondary N) is 1. The van der Waals surface area contributed by atoms with E-state index in [4.69, 9.17) is 0 Å². The minimum absolute atomic E-state index is 0.0852. The lowest BCUT2D eigenvalue weighted by Crippen LogP contribution is -2.32. The summed E-state index contributed by atoms with van der Waals surface area (Å²) in [6.45, 7) is 2.48. The topological polar surface area (TPSA) is 49.3 Å². The molecule has 2 unspecified atom stereocenters. The van der Waals surface area contributed by atoms with Crippen LogP contribution in [-0.4, -0.2) is 22.4 Å². The Hall–Kier alpha value is -1.03. The second kappa shape index (κ2) is 6.42. The number of hydrogen-bond acceptors (Lipinski definition) is 2. The maximum atomic E-state index is 12.1. The fraction of sp³-hybridized carbons (Fsp3) is 0.533. The van der Waals surface area contributed by atoms with E-state index in [2.05, 4.69) is 21.2 Å². The zero-order chi connectivity index (χ0) is 13.8. The molecule has 2 rings (SSSR count). The highest BCUT2D eigenvalue weighted by Crippen LogP contribution is 2.28. The van der Waals surface area contributed by atoms with Crippen molar-refractivity contribution in [3.8, 4) is 5.75 Å². The van der Waals surface area contributed by atoms with Crippen molar-refractivity contribution in [1.82, 2.24) is 5.32 Å². The predicted octanol–water partition coefficient (Wildman–Crippen LogP) is 3.38. The average Bonchev–Trinajstić information content (AvgIpc) is 2.39. The van der Waals surface area contributed by atoms with Crippen molar-refractivity contribution < 1.29 is 9.90 Å². The van der Waals surface area contributed by atoms with Gasteiger partial charge in [0.1, 0.15) is 5.75 Å². The molecule has 104 valence electrons. The van der Waals surface area contributed by atoms with Gasteiger partial charge in [-0.3, -0.25) is 4.79 Å². The molecule has 4 heteroatoms. The predicted molar refractivity (Wildman–Crippen MR) is 79.9 cm³/mol. The van der Waals surface area contributed by atoms with Gasteiger partial charge in [-0.25, -0.2) is 0 Å². The van der Waals surface area contributed by atoms with E-state index in [-0.39, 0.29) is 11.7 Å². The summed E-state index contributed by atoms with van der Waals surface area (Å²) < 4.78 is 0. The largest absolute Gasteiger partial charge is 0.507 e. The molecule has 1 fully saturated rings. The number of alkyl halides is 1. The SMILES string of the molecule is Cc1cccc(C(=O)NCC2CCCC(Br)C2)c1O. The quantitative estimate of drug-likeness (QED) is 0.837. The van der Waals surface area contributed by atoms with Crippen LogP contribution in [0.4, 0.5) is 0 Å². The van der Waals surface area contributed by atoms with Crippen LogP contribution in [0.25, 0.3) is 0 Å². The molecule has 0 spiro atoms. The summed E-state index contributed by atoms with van der Waals surface area (Å²) in [5, 5.41) is 12.8. The van der Waals surface area contributed by atoms with Crippen LogP contribution in [0.2, 0.25) is 0 Å². The lowest BCUT2D eigenvalue weighted by Gasteiger charge is -2.25. The number of aromatic hydroxyl groups is 1. The molecule has 0 saturated heterocycles. The number of carbonyl (C=O) groups excluding carboxylic acids is 1. The van der Waals surface area contributed by atoms with E-state index < -0.39 is 0 Å². The Morgan fingerprint density at radius 2 is 2.26 bits per heavy atom. The van der Waals surface area contributed by atoms with Crippen LogP contribution < -0.4 is 5.32 Å². The normalized spacial score (nSPS) is 23.1. The molecule has 1 aromatic rings. The Labute approximate surface area is 122 Å². The fourth-order valence-electron chi connectivity index (χ4n) is 2.59. The number of rotatable bonds is 3. The maximum absolute atomic E-state index is 12.1. The minimum Gasteiger partial charge on any atom is -0.507 e. The summed E-state index contributed by atoms with van der Waals surface area (Å²) in [4.78, 5) is 12.6. The smallest absolute Gasteiger partial charge is 0.255 e. The highest BCUT2D eigenvalue weighted by molar-refractivity contribution is 9.09. The van der Waals surface area contributed by atoms with Crippen LogP contribution >= 0.6 is 15.9 Å². The number of phenolic OH excluding ortho intramolecular Hbond substituents is 1. The van der Waals surface area contributed by atoms with Crippen molar-refractivity contribution in [3.05, 3.63) is 29.3 Å². The first-order valence-electron chi connectivity index (χ1n) is 6.78. The number of aryl methyl sites for hydroxylation is 1. The number of para-hydroxylation sites is 1. The Balaban J connectivity index is 1.92. The molecule has 0 bridgehead atoms. The van der Waals surface area contributed by atoms with Crippen molar-refractivity contribution in [2.24, 2.45) is 5.92 Å². The van der Waals surface area contributed by atoms with Crippen LogP contribution in [0.5, 0.6) is 5.75 Å². The third kappa shape index (κ3) is 3.72. The number of amides is 1. The number of carbonyl (C=O) groups is 1. The van der Waals surface area contributed by atoms with Gasteiger partial charge in [0.15, 0.2) is 0 Å². The van der Waals surface area contributed by atoms with Gasteiger partial charge in [-0.1, -0.05) is 34.5 Å². The summed E-state index contributed by atoms with van der Waals surface area (Å²) >= 11 is 3.65. The van der Waals surface area contributed by atoms with Crippen LogP contribution in [0, 0.1) is 12.8 Å². The van der Waals surface area contributed by atoms with Gasteiger partial charge >= 0.3 is 0 Å². The molecule has 0 heterocycles. The van der Waals surface area contributed by atoms with Gasteiger partial charge in [0.05, 0.1) is 5.56 Å². The van der Waals surface area contributed by atoms with E-state index in [0.29, 0.717) is 22.9 Å². The molecule has 19 heavy (non-hydrogen) atoms. The zero-order valence-corrected chi connectivity index (χ0v) is 12.7. The lowest BCUT2D eigenvalue weighted by molar-refractivity contribution is 0.0941. The summed E-state index contributed by atoms with van der Waals surface area (Å²) in [7, 11) is 0. The van der Waals surface area contributed by atoms with Crippen LogP contribution in [0.1, 0.15) is 41.6 Å². The van der Waals surface area contributed by atoms with Crippen molar-refractivity contribution in [2.75, 3.05) is 6.54 Å². The summed E-state index contributed by atoms with van der Waals surface area (Å²) in [6, 6.07) is 5.24. The van der Waals surface area contributed by atoms with Crippen molar-refractivity contribution >= 4 is 21.8 Å². The van der Waals surface area contributed by atoms with Crippen LogP contribution in [0.15, 0.2) is 18.2 Å². The first-order chi connectivity index (χ1) is 9.08. The monoisotopic (exact) mass is 325 g/mol. The molecule has 1 aliphatic carbocycles. The molecule has 1 aliphatic rings.